The first-order valence-electron chi connectivity index (χ1n) is 9.73. The normalized spacial score (nSPS) is 14.7. The van der Waals surface area contributed by atoms with Crippen LogP contribution in [-0.4, -0.2) is 35.0 Å². The van der Waals surface area contributed by atoms with Gasteiger partial charge in [0.2, 0.25) is 11.7 Å². The van der Waals surface area contributed by atoms with Gasteiger partial charge in [-0.1, -0.05) is 35.0 Å². The van der Waals surface area contributed by atoms with Crippen LogP contribution in [0.3, 0.4) is 0 Å². The van der Waals surface area contributed by atoms with E-state index in [4.69, 9.17) is 8.94 Å². The average molecular weight is 393 g/mol. The summed E-state index contributed by atoms with van der Waals surface area (Å²) in [5, 5.41) is 6.92. The van der Waals surface area contributed by atoms with Gasteiger partial charge in [-0.05, 0) is 31.9 Å². The van der Waals surface area contributed by atoms with Crippen molar-refractivity contribution in [2.75, 3.05) is 13.1 Å². The number of carbonyl (C=O) groups is 2. The van der Waals surface area contributed by atoms with Gasteiger partial charge in [0.15, 0.2) is 0 Å². The molecule has 3 heterocycles. The Morgan fingerprint density at radius 2 is 1.93 bits per heavy atom. The van der Waals surface area contributed by atoms with Gasteiger partial charge in [0.25, 0.3) is 5.91 Å². The van der Waals surface area contributed by atoms with Gasteiger partial charge in [-0.25, -0.2) is 0 Å². The van der Waals surface area contributed by atoms with Crippen LogP contribution in [-0.2, 0) is 11.3 Å². The molecule has 1 aliphatic heterocycles. The molecule has 0 aliphatic carbocycles. The van der Waals surface area contributed by atoms with E-state index in [1.807, 2.05) is 37.3 Å². The molecule has 1 fully saturated rings. The van der Waals surface area contributed by atoms with Crippen LogP contribution in [0.1, 0.15) is 34.7 Å². The quantitative estimate of drug-likeness (QED) is 0.718. The summed E-state index contributed by atoms with van der Waals surface area (Å²) in [5.74, 6) is 0.647. The third-order valence-corrected chi connectivity index (χ3v) is 5.24. The van der Waals surface area contributed by atoms with Crippen molar-refractivity contribution in [2.45, 2.75) is 26.3 Å². The molecular formula is C22H23N3O4. The minimum absolute atomic E-state index is 0.00479. The van der Waals surface area contributed by atoms with E-state index in [-0.39, 0.29) is 23.5 Å². The molecule has 7 heteroatoms. The van der Waals surface area contributed by atoms with Crippen LogP contribution in [0.4, 0.5) is 0 Å². The third kappa shape index (κ3) is 4.39. The van der Waals surface area contributed by atoms with Gasteiger partial charge >= 0.3 is 0 Å². The van der Waals surface area contributed by atoms with E-state index in [1.54, 1.807) is 23.3 Å². The van der Waals surface area contributed by atoms with Crippen LogP contribution < -0.4 is 5.32 Å². The molecule has 1 saturated heterocycles. The van der Waals surface area contributed by atoms with Crippen molar-refractivity contribution in [1.29, 1.82) is 0 Å². The lowest BCUT2D eigenvalue weighted by Gasteiger charge is -2.30. The second kappa shape index (κ2) is 8.34. The number of hydrogen-bond acceptors (Lipinski definition) is 5. The maximum absolute atomic E-state index is 12.7. The summed E-state index contributed by atoms with van der Waals surface area (Å²) < 4.78 is 10.5. The summed E-state index contributed by atoms with van der Waals surface area (Å²) >= 11 is 0. The Bertz CT molecular complexity index is 968. The number of nitrogens with one attached hydrogen (secondary N) is 1. The summed E-state index contributed by atoms with van der Waals surface area (Å²) in [7, 11) is 0. The topological polar surface area (TPSA) is 88.6 Å². The number of piperidine rings is 1. The van der Waals surface area contributed by atoms with Gasteiger partial charge in [-0.3, -0.25) is 9.59 Å². The molecule has 2 amide bonds. The van der Waals surface area contributed by atoms with Crippen molar-refractivity contribution in [3.8, 4) is 11.3 Å². The largest absolute Gasteiger partial charge is 0.467 e. The maximum atomic E-state index is 12.7. The van der Waals surface area contributed by atoms with Crippen LogP contribution >= 0.6 is 0 Å². The van der Waals surface area contributed by atoms with E-state index in [1.165, 1.54) is 0 Å². The number of rotatable bonds is 5. The fourth-order valence-electron chi connectivity index (χ4n) is 3.47. The molecule has 0 saturated carbocycles. The smallest absolute Gasteiger partial charge is 0.292 e. The summed E-state index contributed by atoms with van der Waals surface area (Å²) in [6.07, 6.45) is 2.82. The summed E-state index contributed by atoms with van der Waals surface area (Å²) in [6, 6.07) is 13.2. The Balaban J connectivity index is 1.31. The molecule has 0 spiro atoms. The summed E-state index contributed by atoms with van der Waals surface area (Å²) in [4.78, 5) is 26.8. The molecule has 1 N–H and O–H groups in total. The Labute approximate surface area is 168 Å². The lowest BCUT2D eigenvalue weighted by Crippen LogP contribution is -2.42. The maximum Gasteiger partial charge on any atom is 0.292 e. The van der Waals surface area contributed by atoms with Crippen molar-refractivity contribution in [3.05, 3.63) is 65.8 Å². The molecule has 3 aromatic rings. The fraction of sp³-hybridized carbons (Fsp3) is 0.318. The van der Waals surface area contributed by atoms with E-state index < -0.39 is 0 Å². The van der Waals surface area contributed by atoms with Crippen molar-refractivity contribution in [1.82, 2.24) is 15.4 Å². The van der Waals surface area contributed by atoms with Gasteiger partial charge < -0.3 is 19.2 Å². The zero-order chi connectivity index (χ0) is 20.2. The van der Waals surface area contributed by atoms with E-state index >= 15 is 0 Å². The fourth-order valence-corrected chi connectivity index (χ4v) is 3.47. The van der Waals surface area contributed by atoms with E-state index in [0.717, 1.165) is 16.9 Å². The van der Waals surface area contributed by atoms with Crippen LogP contribution in [0.15, 0.2) is 57.7 Å². The summed E-state index contributed by atoms with van der Waals surface area (Å²) in [5.41, 5.74) is 2.70. The van der Waals surface area contributed by atoms with Crippen molar-refractivity contribution in [2.24, 2.45) is 5.92 Å². The number of benzene rings is 1. The third-order valence-electron chi connectivity index (χ3n) is 5.24. The number of amides is 2. The molecule has 0 unspecified atom stereocenters. The average Bonchev–Trinajstić information content (AvgIpc) is 3.44. The van der Waals surface area contributed by atoms with Gasteiger partial charge in [0.1, 0.15) is 11.5 Å². The zero-order valence-corrected chi connectivity index (χ0v) is 16.3. The molecular weight excluding hydrogens is 370 g/mol. The van der Waals surface area contributed by atoms with Crippen molar-refractivity contribution in [3.63, 3.8) is 0 Å². The van der Waals surface area contributed by atoms with Gasteiger partial charge in [0, 0.05) is 30.6 Å². The number of furan rings is 1. The number of hydrogen-bond donors (Lipinski definition) is 1. The van der Waals surface area contributed by atoms with Crippen LogP contribution in [0, 0.1) is 12.8 Å². The second-order valence-corrected chi connectivity index (χ2v) is 7.31. The Kier molecular flexibility index (Phi) is 5.46. The Hall–Kier alpha value is -3.35. The van der Waals surface area contributed by atoms with Gasteiger partial charge in [0.05, 0.1) is 12.8 Å². The highest BCUT2D eigenvalue weighted by Gasteiger charge is 2.29. The first-order valence-corrected chi connectivity index (χ1v) is 9.73. The van der Waals surface area contributed by atoms with E-state index in [0.29, 0.717) is 38.2 Å². The zero-order valence-electron chi connectivity index (χ0n) is 16.3. The van der Waals surface area contributed by atoms with Gasteiger partial charge in [-0.2, -0.15) is 0 Å². The highest BCUT2D eigenvalue weighted by Crippen LogP contribution is 2.23. The highest BCUT2D eigenvalue weighted by molar-refractivity contribution is 5.92. The lowest BCUT2D eigenvalue weighted by atomic mass is 9.95. The molecule has 29 heavy (non-hydrogen) atoms. The predicted octanol–water partition coefficient (Wildman–Crippen LogP) is 3.41. The Morgan fingerprint density at radius 1 is 1.17 bits per heavy atom. The predicted molar refractivity (Wildman–Crippen MR) is 106 cm³/mol. The second-order valence-electron chi connectivity index (χ2n) is 7.31. The van der Waals surface area contributed by atoms with Gasteiger partial charge in [-0.15, -0.1) is 0 Å². The number of aryl methyl sites for hydroxylation is 1. The SMILES string of the molecule is Cc1ccc(-c2cc(C(=O)N3CCC(C(=O)NCc4ccco4)CC3)on2)cc1. The number of nitrogens with zero attached hydrogens (tertiary/aromatic N) is 2. The minimum Gasteiger partial charge on any atom is -0.467 e. The number of aromatic nitrogens is 1. The summed E-state index contributed by atoms with van der Waals surface area (Å²) in [6.45, 7) is 3.42. The van der Waals surface area contributed by atoms with E-state index in [2.05, 4.69) is 10.5 Å². The monoisotopic (exact) mass is 393 g/mol. The molecule has 7 nitrogen and oxygen atoms in total. The molecule has 150 valence electrons. The highest BCUT2D eigenvalue weighted by atomic mass is 16.5. The lowest BCUT2D eigenvalue weighted by molar-refractivity contribution is -0.126. The van der Waals surface area contributed by atoms with E-state index in [9.17, 15) is 9.59 Å². The molecule has 1 aromatic carbocycles. The molecule has 4 rings (SSSR count). The molecule has 0 radical (unpaired) electrons. The van der Waals surface area contributed by atoms with Crippen molar-refractivity contribution < 1.29 is 18.5 Å². The number of likely N-dealkylation sites (tertiary alicyclic amines) is 1. The van der Waals surface area contributed by atoms with Crippen LogP contribution in [0.25, 0.3) is 11.3 Å². The Morgan fingerprint density at radius 3 is 2.62 bits per heavy atom. The first-order chi connectivity index (χ1) is 14.1. The molecule has 2 aromatic heterocycles. The standard InChI is InChI=1S/C22H23N3O4/c1-15-4-6-16(7-5-15)19-13-20(29-24-19)22(27)25-10-8-17(9-11-25)21(26)23-14-18-3-2-12-28-18/h2-7,12-13,17H,8-11,14H2,1H3,(H,23,26). The molecule has 0 bridgehead atoms. The molecule has 1 aliphatic rings. The number of carbonyl (C=O) groups excluding carboxylic acids is 2. The first kappa shape index (κ1) is 19.0. The van der Waals surface area contributed by atoms with Crippen LogP contribution in [0.5, 0.6) is 0 Å². The molecule has 0 atom stereocenters. The van der Waals surface area contributed by atoms with Crippen LogP contribution in [0.2, 0.25) is 0 Å². The van der Waals surface area contributed by atoms with Crippen molar-refractivity contribution >= 4 is 11.8 Å². The minimum atomic E-state index is -0.190.